The lowest BCUT2D eigenvalue weighted by atomic mass is 10.1. The van der Waals surface area contributed by atoms with E-state index in [1.54, 1.807) is 12.4 Å². The van der Waals surface area contributed by atoms with E-state index in [0.29, 0.717) is 5.02 Å². The molecule has 25 heavy (non-hydrogen) atoms. The van der Waals surface area contributed by atoms with E-state index in [1.165, 1.54) is 0 Å². The molecule has 7 heteroatoms. The molecule has 1 amide bonds. The Balaban J connectivity index is 1.73. The quantitative estimate of drug-likeness (QED) is 0.886. The predicted octanol–water partition coefficient (Wildman–Crippen LogP) is 2.58. The monoisotopic (exact) mass is 360 g/mol. The van der Waals surface area contributed by atoms with Gasteiger partial charge >= 0.3 is 0 Å². The van der Waals surface area contributed by atoms with Crippen molar-refractivity contribution in [3.05, 3.63) is 41.2 Å². The van der Waals surface area contributed by atoms with Gasteiger partial charge in [-0.15, -0.1) is 0 Å². The number of aromatic nitrogens is 2. The third-order valence-corrected chi connectivity index (χ3v) is 4.63. The third-order valence-electron chi connectivity index (χ3n) is 4.33. The molecule has 2 aromatic rings. The lowest BCUT2D eigenvalue weighted by Gasteiger charge is -2.32. The number of primary amides is 1. The minimum Gasteiger partial charge on any atom is -0.368 e. The molecule has 0 saturated carbocycles. The number of amides is 1. The fourth-order valence-corrected chi connectivity index (χ4v) is 3.19. The fraction of sp³-hybridized carbons (Fsp3) is 0.389. The zero-order valence-electron chi connectivity index (χ0n) is 14.1. The summed E-state index contributed by atoms with van der Waals surface area (Å²) in [5, 5.41) is 0.588. The topological polar surface area (TPSA) is 81.3 Å². The van der Waals surface area contributed by atoms with Gasteiger partial charge in [-0.1, -0.05) is 17.7 Å². The average Bonchev–Trinajstić information content (AvgIpc) is 2.62. The molecule has 3 rings (SSSR count). The molecule has 1 fully saturated rings. The molecule has 6 nitrogen and oxygen atoms in total. The van der Waals surface area contributed by atoms with Gasteiger partial charge in [0.1, 0.15) is 12.4 Å². The Labute approximate surface area is 152 Å². The summed E-state index contributed by atoms with van der Waals surface area (Å²) in [5.74, 6) is 0.440. The van der Waals surface area contributed by atoms with Crippen molar-refractivity contribution >= 4 is 23.3 Å². The van der Waals surface area contributed by atoms with E-state index in [4.69, 9.17) is 22.1 Å². The van der Waals surface area contributed by atoms with Crippen molar-refractivity contribution in [2.24, 2.45) is 5.73 Å². The average molecular weight is 361 g/mol. The zero-order chi connectivity index (χ0) is 17.8. The maximum Gasteiger partial charge on any atom is 0.243 e. The van der Waals surface area contributed by atoms with Crippen LogP contribution in [0.3, 0.4) is 0 Å². The van der Waals surface area contributed by atoms with Gasteiger partial charge in [-0.05, 0) is 37.5 Å². The normalized spacial score (nSPS) is 15.4. The number of pyridine rings is 2. The Bertz CT molecular complexity index is 760. The standard InChI is InChI=1S/C18H21ClN4O2/c1-12-3-2-6-21-18(12)14-9-17(22-10-15(14)19)23-7-4-13(5-8-23)25-11-16(20)24/h2-3,6,9-10,13H,4-5,7-8,11H2,1H3,(H2,20,24). The summed E-state index contributed by atoms with van der Waals surface area (Å²) >= 11 is 6.35. The number of piperidine rings is 1. The molecule has 132 valence electrons. The number of ether oxygens (including phenoxy) is 1. The Morgan fingerprint density at radius 2 is 2.16 bits per heavy atom. The van der Waals surface area contributed by atoms with Gasteiger partial charge in [0, 0.05) is 31.0 Å². The molecular weight excluding hydrogens is 340 g/mol. The highest BCUT2D eigenvalue weighted by Gasteiger charge is 2.22. The van der Waals surface area contributed by atoms with E-state index in [0.717, 1.165) is 48.6 Å². The molecule has 0 bridgehead atoms. The molecule has 0 aliphatic carbocycles. The SMILES string of the molecule is Cc1cccnc1-c1cc(N2CCC(OCC(N)=O)CC2)ncc1Cl. The van der Waals surface area contributed by atoms with Crippen LogP contribution in [-0.2, 0) is 9.53 Å². The van der Waals surface area contributed by atoms with Crippen LogP contribution in [0.2, 0.25) is 5.02 Å². The van der Waals surface area contributed by atoms with Crippen molar-refractivity contribution in [3.63, 3.8) is 0 Å². The first-order valence-corrected chi connectivity index (χ1v) is 8.65. The molecule has 1 aliphatic heterocycles. The van der Waals surface area contributed by atoms with E-state index in [-0.39, 0.29) is 12.7 Å². The smallest absolute Gasteiger partial charge is 0.243 e. The number of hydrogen-bond donors (Lipinski definition) is 1. The van der Waals surface area contributed by atoms with Gasteiger partial charge in [0.2, 0.25) is 5.91 Å². The van der Waals surface area contributed by atoms with E-state index in [9.17, 15) is 4.79 Å². The second kappa shape index (κ2) is 7.80. The molecule has 0 atom stereocenters. The van der Waals surface area contributed by atoms with Crippen LogP contribution in [0.4, 0.5) is 5.82 Å². The van der Waals surface area contributed by atoms with Crippen LogP contribution < -0.4 is 10.6 Å². The zero-order valence-corrected chi connectivity index (χ0v) is 14.9. The molecule has 2 aromatic heterocycles. The number of carbonyl (C=O) groups is 1. The summed E-state index contributed by atoms with van der Waals surface area (Å²) in [5.41, 5.74) is 7.95. The summed E-state index contributed by atoms with van der Waals surface area (Å²) < 4.78 is 5.50. The Kier molecular flexibility index (Phi) is 5.50. The molecule has 3 heterocycles. The van der Waals surface area contributed by atoms with Crippen LogP contribution in [0.1, 0.15) is 18.4 Å². The minimum atomic E-state index is -0.433. The van der Waals surface area contributed by atoms with Crippen LogP contribution >= 0.6 is 11.6 Å². The molecular formula is C18H21ClN4O2. The summed E-state index contributed by atoms with van der Waals surface area (Å²) in [6.07, 6.45) is 5.16. The number of aryl methyl sites for hydroxylation is 1. The van der Waals surface area contributed by atoms with E-state index in [2.05, 4.69) is 14.9 Å². The van der Waals surface area contributed by atoms with E-state index in [1.807, 2.05) is 25.1 Å². The lowest BCUT2D eigenvalue weighted by molar-refractivity contribution is -0.124. The summed E-state index contributed by atoms with van der Waals surface area (Å²) in [7, 11) is 0. The molecule has 2 N–H and O–H groups in total. The van der Waals surface area contributed by atoms with Crippen LogP contribution in [-0.4, -0.2) is 41.7 Å². The van der Waals surface area contributed by atoms with Crippen molar-refractivity contribution in [1.29, 1.82) is 0 Å². The second-order valence-corrected chi connectivity index (χ2v) is 6.56. The van der Waals surface area contributed by atoms with Gasteiger partial charge in [-0.25, -0.2) is 4.98 Å². The first-order valence-electron chi connectivity index (χ1n) is 8.27. The highest BCUT2D eigenvalue weighted by atomic mass is 35.5. The summed E-state index contributed by atoms with van der Waals surface area (Å²) in [4.78, 5) is 21.9. The van der Waals surface area contributed by atoms with Crippen molar-refractivity contribution < 1.29 is 9.53 Å². The molecule has 1 saturated heterocycles. The van der Waals surface area contributed by atoms with Gasteiger partial charge in [0.15, 0.2) is 0 Å². The van der Waals surface area contributed by atoms with Crippen molar-refractivity contribution in [3.8, 4) is 11.3 Å². The Morgan fingerprint density at radius 1 is 1.40 bits per heavy atom. The molecule has 1 aliphatic rings. The maximum absolute atomic E-state index is 10.8. The van der Waals surface area contributed by atoms with Crippen LogP contribution in [0.15, 0.2) is 30.6 Å². The molecule has 0 radical (unpaired) electrons. The lowest BCUT2D eigenvalue weighted by Crippen LogP contribution is -2.38. The van der Waals surface area contributed by atoms with E-state index < -0.39 is 5.91 Å². The maximum atomic E-state index is 10.8. The molecule has 0 aromatic carbocycles. The van der Waals surface area contributed by atoms with Gasteiger partial charge in [0.25, 0.3) is 0 Å². The third kappa shape index (κ3) is 4.27. The largest absolute Gasteiger partial charge is 0.368 e. The number of hydrogen-bond acceptors (Lipinski definition) is 5. The first-order chi connectivity index (χ1) is 12.0. The van der Waals surface area contributed by atoms with Gasteiger partial charge in [0.05, 0.1) is 16.8 Å². The molecule has 0 unspecified atom stereocenters. The van der Waals surface area contributed by atoms with Gasteiger partial charge < -0.3 is 15.4 Å². The second-order valence-electron chi connectivity index (χ2n) is 6.15. The van der Waals surface area contributed by atoms with Gasteiger partial charge in [-0.3, -0.25) is 9.78 Å². The summed E-state index contributed by atoms with van der Waals surface area (Å²) in [6.45, 7) is 3.60. The van der Waals surface area contributed by atoms with Crippen molar-refractivity contribution in [1.82, 2.24) is 9.97 Å². The van der Waals surface area contributed by atoms with Gasteiger partial charge in [-0.2, -0.15) is 0 Å². The van der Waals surface area contributed by atoms with Crippen LogP contribution in [0.5, 0.6) is 0 Å². The number of anilines is 1. The number of halogens is 1. The number of nitrogens with two attached hydrogens (primary N) is 1. The van der Waals surface area contributed by atoms with Crippen LogP contribution in [0, 0.1) is 6.92 Å². The Morgan fingerprint density at radius 3 is 2.84 bits per heavy atom. The van der Waals surface area contributed by atoms with Crippen molar-refractivity contribution in [2.75, 3.05) is 24.6 Å². The minimum absolute atomic E-state index is 0.0209. The van der Waals surface area contributed by atoms with E-state index >= 15 is 0 Å². The fourth-order valence-electron chi connectivity index (χ4n) is 3.00. The highest BCUT2D eigenvalue weighted by molar-refractivity contribution is 6.33. The first kappa shape index (κ1) is 17.6. The summed E-state index contributed by atoms with van der Waals surface area (Å²) in [6, 6.07) is 5.91. The number of carbonyl (C=O) groups excluding carboxylic acids is 1. The molecule has 0 spiro atoms. The predicted molar refractivity (Wildman–Crippen MR) is 97.6 cm³/mol. The number of rotatable bonds is 5. The number of nitrogens with zero attached hydrogens (tertiary/aromatic N) is 3. The van der Waals surface area contributed by atoms with Crippen LogP contribution in [0.25, 0.3) is 11.3 Å². The van der Waals surface area contributed by atoms with Crippen molar-refractivity contribution in [2.45, 2.75) is 25.9 Å². The highest BCUT2D eigenvalue weighted by Crippen LogP contribution is 2.31. The Hall–Kier alpha value is -2.18.